The number of hydrogen-bond acceptors (Lipinski definition) is 4. The lowest BCUT2D eigenvalue weighted by molar-refractivity contribution is 0.508. The number of rotatable bonds is 0. The molecule has 0 fully saturated rings. The summed E-state index contributed by atoms with van der Waals surface area (Å²) in [6.45, 7) is 0. The lowest BCUT2D eigenvalue weighted by Gasteiger charge is -2.19. The smallest absolute Gasteiger partial charge is 0.324 e. The number of aliphatic imine (C=N–C) groups is 2. The monoisotopic (exact) mass is 630 g/mol. The molecular formula is C24H6BF6IN6. The quantitative estimate of drug-likeness (QED) is 0.132. The number of benzene rings is 3. The Kier molecular flexibility index (Phi) is 4.14. The van der Waals surface area contributed by atoms with Crippen molar-refractivity contribution in [3.63, 3.8) is 0 Å². The molecule has 3 aromatic carbocycles. The largest absolute Gasteiger partial charge is 0.463 e. The van der Waals surface area contributed by atoms with E-state index in [-0.39, 0.29) is 67.0 Å². The van der Waals surface area contributed by atoms with Crippen LogP contribution in [0, 0.1) is 34.9 Å². The predicted molar refractivity (Wildman–Crippen MR) is 135 cm³/mol. The fourth-order valence-electron chi connectivity index (χ4n) is 5.14. The Bertz CT molecular complexity index is 2180. The third kappa shape index (κ3) is 2.65. The second-order valence-electron chi connectivity index (χ2n) is 8.88. The Balaban J connectivity index is 1.66. The van der Waals surface area contributed by atoms with Crippen LogP contribution in [0.25, 0.3) is 21.5 Å². The molecule has 0 spiro atoms. The minimum Gasteiger partial charge on any atom is -0.324 e. The zero-order chi connectivity index (χ0) is 26.2. The normalized spacial score (nSPS) is 14.9. The second-order valence-corrected chi connectivity index (χ2v) is 9.99. The molecule has 4 bridgehead atoms. The van der Waals surface area contributed by atoms with Gasteiger partial charge in [0.05, 0.1) is 0 Å². The van der Waals surface area contributed by atoms with Crippen molar-refractivity contribution in [1.82, 2.24) is 8.96 Å². The fraction of sp³-hybridized carbons (Fsp3) is 0. The average molecular weight is 630 g/mol. The van der Waals surface area contributed by atoms with Crippen molar-refractivity contribution >= 4 is 72.1 Å². The molecule has 0 atom stereocenters. The van der Waals surface area contributed by atoms with Crippen LogP contribution in [0.1, 0.15) is 11.1 Å². The maximum Gasteiger partial charge on any atom is 0.463 e. The predicted octanol–water partition coefficient (Wildman–Crippen LogP) is 4.98. The van der Waals surface area contributed by atoms with Gasteiger partial charge in [-0.05, 0) is 36.4 Å². The van der Waals surface area contributed by atoms with Gasteiger partial charge in [-0.1, -0.05) is 22.4 Å². The first-order valence-electron chi connectivity index (χ1n) is 11.0. The number of fused-ring (bicyclic) bond motifs is 10. The third-order valence-electron chi connectivity index (χ3n) is 6.81. The first-order valence-corrected chi connectivity index (χ1v) is 12.3. The summed E-state index contributed by atoms with van der Waals surface area (Å²) in [5.41, 5.74) is 0.557. The van der Waals surface area contributed by atoms with Crippen LogP contribution in [0.3, 0.4) is 0 Å². The van der Waals surface area contributed by atoms with Gasteiger partial charge in [-0.2, -0.15) is 0 Å². The van der Waals surface area contributed by atoms with Gasteiger partial charge in [0.15, 0.2) is 46.6 Å². The highest BCUT2D eigenvalue weighted by Gasteiger charge is 2.36. The van der Waals surface area contributed by atoms with E-state index in [0.29, 0.717) is 0 Å². The summed E-state index contributed by atoms with van der Waals surface area (Å²) in [5, 5.41) is 0.795. The van der Waals surface area contributed by atoms with Gasteiger partial charge in [0, 0.05) is 32.7 Å². The van der Waals surface area contributed by atoms with E-state index in [2.05, 4.69) is 20.0 Å². The van der Waals surface area contributed by atoms with Crippen molar-refractivity contribution in [3.8, 4) is 0 Å². The molecule has 5 aromatic rings. The molecule has 0 aliphatic carbocycles. The number of hydrogen-bond donors (Lipinski definition) is 0. The molecule has 0 amide bonds. The maximum absolute atomic E-state index is 14.4. The number of nitrogens with zero attached hydrogens (tertiary/aromatic N) is 6. The first-order chi connectivity index (χ1) is 18.2. The van der Waals surface area contributed by atoms with Crippen LogP contribution in [0.5, 0.6) is 0 Å². The molecule has 14 heteroatoms. The van der Waals surface area contributed by atoms with E-state index in [0.717, 1.165) is 36.4 Å². The van der Waals surface area contributed by atoms with Gasteiger partial charge in [-0.3, -0.25) is 0 Å². The van der Waals surface area contributed by atoms with Crippen LogP contribution < -0.4 is 11.0 Å². The van der Waals surface area contributed by atoms with Crippen molar-refractivity contribution in [2.75, 3.05) is 0 Å². The van der Waals surface area contributed by atoms with E-state index < -0.39 is 39.7 Å². The zero-order valence-corrected chi connectivity index (χ0v) is 20.5. The van der Waals surface area contributed by atoms with Gasteiger partial charge < -0.3 is 8.96 Å². The number of halogens is 7. The summed E-state index contributed by atoms with van der Waals surface area (Å²) in [4.78, 5) is 17.5. The van der Waals surface area contributed by atoms with Gasteiger partial charge >= 0.3 is 4.84 Å². The molecule has 2 aromatic heterocycles. The van der Waals surface area contributed by atoms with Crippen molar-refractivity contribution in [1.29, 1.82) is 0 Å². The molecule has 6 nitrogen and oxygen atoms in total. The van der Waals surface area contributed by atoms with Gasteiger partial charge in [0.2, 0.25) is 0 Å². The van der Waals surface area contributed by atoms with Crippen LogP contribution >= 0.6 is 22.4 Å². The molecule has 38 heavy (non-hydrogen) atoms. The highest BCUT2D eigenvalue weighted by Crippen LogP contribution is 2.42. The van der Waals surface area contributed by atoms with E-state index in [4.69, 9.17) is 0 Å². The Morgan fingerprint density at radius 3 is 1.47 bits per heavy atom. The first kappa shape index (κ1) is 22.1. The average Bonchev–Trinajstić information content (AvgIpc) is 3.45. The fourth-order valence-corrected chi connectivity index (χ4v) is 6.19. The minimum absolute atomic E-state index is 0.0412. The zero-order valence-electron chi connectivity index (χ0n) is 18.4. The standard InChI is InChI=1S/C24H6BF6IN6/c26-13-1-7-8(2-14(13)27)20-33-19(7)34-21-9-3-15(28)17(30)5-11(9)23-36-24-12-6-18(31)16(29)4-10(12)22(35-20)38(24)25(32)37(21)23/h1-6H. The van der Waals surface area contributed by atoms with Crippen LogP contribution in [0.4, 0.5) is 38.0 Å². The Labute approximate surface area is 220 Å². The molecule has 0 unspecified atom stereocenters. The lowest BCUT2D eigenvalue weighted by Crippen LogP contribution is -2.44. The molecule has 5 heterocycles. The summed E-state index contributed by atoms with van der Waals surface area (Å²) < 4.78 is 89.4. The highest BCUT2D eigenvalue weighted by molar-refractivity contribution is 14.1. The number of aromatic nitrogens is 2. The van der Waals surface area contributed by atoms with E-state index in [1.165, 1.54) is 0 Å². The van der Waals surface area contributed by atoms with E-state index in [9.17, 15) is 26.3 Å². The van der Waals surface area contributed by atoms with Crippen molar-refractivity contribution in [2.24, 2.45) is 20.0 Å². The van der Waals surface area contributed by atoms with Crippen molar-refractivity contribution in [2.45, 2.75) is 0 Å². The van der Waals surface area contributed by atoms with E-state index in [1.807, 2.05) is 22.4 Å². The summed E-state index contributed by atoms with van der Waals surface area (Å²) in [7, 11) is 0. The molecule has 184 valence electrons. The van der Waals surface area contributed by atoms with Gasteiger partial charge in [0.25, 0.3) is 0 Å². The third-order valence-corrected chi connectivity index (χ3v) is 7.93. The van der Waals surface area contributed by atoms with Crippen molar-refractivity contribution < 1.29 is 26.3 Å². The Hall–Kier alpha value is -3.95. The summed E-state index contributed by atoms with van der Waals surface area (Å²) in [6.07, 6.45) is 0. The second kappa shape index (κ2) is 7.12. The molecule has 0 saturated heterocycles. The lowest BCUT2D eigenvalue weighted by atomic mass is 10.1. The molecule has 0 saturated carbocycles. The minimum atomic E-state index is -1.14. The highest BCUT2D eigenvalue weighted by atomic mass is 127. The molecule has 0 radical (unpaired) electrons. The van der Waals surface area contributed by atoms with Crippen LogP contribution in [-0.4, -0.2) is 25.5 Å². The number of amidine groups is 2. The molecule has 3 aliphatic rings. The van der Waals surface area contributed by atoms with E-state index in [1.54, 1.807) is 8.96 Å². The topological polar surface area (TPSA) is 59.3 Å². The molecular weight excluding hydrogens is 624 g/mol. The SMILES string of the molecule is Fc1cc2c(cc1F)C1=Nc3c4cc(F)c(F)cc4c4n3B(I)n3c(c5cc(F)c(F)cc5c3=N4)=NC2=N1. The van der Waals surface area contributed by atoms with Crippen molar-refractivity contribution in [3.05, 3.63) is 93.4 Å². The summed E-state index contributed by atoms with van der Waals surface area (Å²) in [5.74, 6) is -6.53. The molecule has 0 N–H and O–H groups in total. The van der Waals surface area contributed by atoms with E-state index >= 15 is 0 Å². The Morgan fingerprint density at radius 1 is 0.500 bits per heavy atom. The van der Waals surface area contributed by atoms with Crippen LogP contribution in [0.2, 0.25) is 0 Å². The van der Waals surface area contributed by atoms with Gasteiger partial charge in [-0.15, -0.1) is 0 Å². The molecule has 8 rings (SSSR count). The summed E-state index contributed by atoms with van der Waals surface area (Å²) in [6, 6.07) is 5.75. The van der Waals surface area contributed by atoms with Crippen LogP contribution in [-0.2, 0) is 0 Å². The summed E-state index contributed by atoms with van der Waals surface area (Å²) >= 11 is 2.03. The van der Waals surface area contributed by atoms with Gasteiger partial charge in [0.1, 0.15) is 22.6 Å². The van der Waals surface area contributed by atoms with Crippen LogP contribution in [0.15, 0.2) is 56.4 Å². The Morgan fingerprint density at radius 2 is 0.921 bits per heavy atom. The maximum atomic E-state index is 14.4. The van der Waals surface area contributed by atoms with Gasteiger partial charge in [-0.25, -0.2) is 46.3 Å². The molecule has 3 aliphatic heterocycles.